The average molecular weight is 357 g/mol. The first-order valence-corrected chi connectivity index (χ1v) is 9.30. The van der Waals surface area contributed by atoms with E-state index in [1.54, 1.807) is 38.1 Å². The molecule has 2 aromatic rings. The van der Waals surface area contributed by atoms with Crippen molar-refractivity contribution in [2.45, 2.75) is 36.3 Å². The molecule has 0 radical (unpaired) electrons. The molecule has 0 fully saturated rings. The van der Waals surface area contributed by atoms with Crippen LogP contribution in [0.25, 0.3) is 0 Å². The third kappa shape index (κ3) is 4.10. The smallest absolute Gasteiger partial charge is 0.237 e. The van der Waals surface area contributed by atoms with Crippen LogP contribution in [0, 0.1) is 0 Å². The number of hydrogen-bond donors (Lipinski definition) is 1. The summed E-state index contributed by atoms with van der Waals surface area (Å²) in [6.07, 6.45) is 3.56. The van der Waals surface area contributed by atoms with Crippen molar-refractivity contribution in [3.05, 3.63) is 47.5 Å². The molecule has 1 aliphatic carbocycles. The number of fused-ring (bicyclic) bond motifs is 1. The van der Waals surface area contributed by atoms with E-state index in [-0.39, 0.29) is 11.2 Å². The molecule has 0 aromatic heterocycles. The number of carbonyl (C=O) groups is 1. The highest BCUT2D eigenvalue weighted by Gasteiger charge is 2.17. The number of amides is 1. The lowest BCUT2D eigenvalue weighted by Gasteiger charge is -2.14. The van der Waals surface area contributed by atoms with Crippen LogP contribution in [0.1, 0.15) is 24.5 Å². The van der Waals surface area contributed by atoms with Crippen LogP contribution in [0.4, 0.5) is 5.69 Å². The summed E-state index contributed by atoms with van der Waals surface area (Å²) in [5.74, 6) is 1.21. The van der Waals surface area contributed by atoms with E-state index in [0.717, 1.165) is 11.3 Å². The van der Waals surface area contributed by atoms with Crippen molar-refractivity contribution in [3.63, 3.8) is 0 Å². The number of methoxy groups -OCH3 is 2. The zero-order chi connectivity index (χ0) is 17.8. The predicted molar refractivity (Wildman–Crippen MR) is 102 cm³/mol. The van der Waals surface area contributed by atoms with Crippen LogP contribution < -0.4 is 14.8 Å². The molecule has 0 spiro atoms. The van der Waals surface area contributed by atoms with Crippen LogP contribution in [0.3, 0.4) is 0 Å². The van der Waals surface area contributed by atoms with Crippen molar-refractivity contribution in [1.29, 1.82) is 0 Å². The molecule has 0 bridgehead atoms. The van der Waals surface area contributed by atoms with Gasteiger partial charge in [-0.3, -0.25) is 4.79 Å². The molecule has 0 heterocycles. The lowest BCUT2D eigenvalue weighted by atomic mass is 10.1. The molecule has 4 nitrogen and oxygen atoms in total. The molecule has 0 saturated carbocycles. The summed E-state index contributed by atoms with van der Waals surface area (Å²) in [6, 6.07) is 11.9. The van der Waals surface area contributed by atoms with E-state index >= 15 is 0 Å². The SMILES string of the molecule is COc1ccc(NC(=O)[C@H](C)Sc2ccc3c(c2)CCC3)cc1OC. The van der Waals surface area contributed by atoms with Crippen molar-refractivity contribution in [2.24, 2.45) is 0 Å². The minimum absolute atomic E-state index is 0.0299. The Kier molecular flexibility index (Phi) is 5.53. The molecule has 1 aliphatic rings. The second-order valence-electron chi connectivity index (χ2n) is 6.10. The number of nitrogens with one attached hydrogen (secondary N) is 1. The molecule has 1 atom stereocenters. The van der Waals surface area contributed by atoms with Gasteiger partial charge in [-0.1, -0.05) is 6.07 Å². The molecular formula is C20H23NO3S. The number of carbonyl (C=O) groups excluding carboxylic acids is 1. The fourth-order valence-electron chi connectivity index (χ4n) is 3.04. The maximum absolute atomic E-state index is 12.5. The number of hydrogen-bond acceptors (Lipinski definition) is 4. The fourth-order valence-corrected chi connectivity index (χ4v) is 3.97. The summed E-state index contributed by atoms with van der Waals surface area (Å²) >= 11 is 1.59. The van der Waals surface area contributed by atoms with E-state index in [0.29, 0.717) is 17.2 Å². The Morgan fingerprint density at radius 2 is 1.80 bits per heavy atom. The Labute approximate surface area is 152 Å². The standard InChI is InChI=1S/C20H23NO3S/c1-13(25-17-9-7-14-5-4-6-15(14)11-17)20(22)21-16-8-10-18(23-2)19(12-16)24-3/h7-13H,4-6H2,1-3H3,(H,21,22)/t13-/m0/s1. The molecule has 25 heavy (non-hydrogen) atoms. The fraction of sp³-hybridized carbons (Fsp3) is 0.350. The summed E-state index contributed by atoms with van der Waals surface area (Å²) in [5.41, 5.74) is 3.58. The topological polar surface area (TPSA) is 47.6 Å². The highest BCUT2D eigenvalue weighted by atomic mass is 32.2. The maximum Gasteiger partial charge on any atom is 0.237 e. The molecule has 0 saturated heterocycles. The number of benzene rings is 2. The molecule has 3 rings (SSSR count). The van der Waals surface area contributed by atoms with E-state index in [9.17, 15) is 4.79 Å². The Morgan fingerprint density at radius 3 is 2.56 bits per heavy atom. The van der Waals surface area contributed by atoms with Gasteiger partial charge in [-0.25, -0.2) is 0 Å². The second-order valence-corrected chi connectivity index (χ2v) is 7.52. The monoisotopic (exact) mass is 357 g/mol. The molecule has 2 aromatic carbocycles. The molecule has 1 N–H and O–H groups in total. The molecule has 132 valence electrons. The van der Waals surface area contributed by atoms with Gasteiger partial charge >= 0.3 is 0 Å². The zero-order valence-electron chi connectivity index (χ0n) is 14.8. The third-order valence-corrected chi connectivity index (χ3v) is 5.50. The van der Waals surface area contributed by atoms with Gasteiger partial charge in [-0.2, -0.15) is 0 Å². The van der Waals surface area contributed by atoms with Gasteiger partial charge in [0.15, 0.2) is 11.5 Å². The number of aryl methyl sites for hydroxylation is 2. The van der Waals surface area contributed by atoms with E-state index in [4.69, 9.17) is 9.47 Å². The van der Waals surface area contributed by atoms with Gasteiger partial charge < -0.3 is 14.8 Å². The van der Waals surface area contributed by atoms with E-state index in [1.165, 1.54) is 24.0 Å². The molecular weight excluding hydrogens is 334 g/mol. The van der Waals surface area contributed by atoms with Gasteiger partial charge in [-0.05, 0) is 61.6 Å². The molecule has 5 heteroatoms. The van der Waals surface area contributed by atoms with Crippen molar-refractivity contribution < 1.29 is 14.3 Å². The van der Waals surface area contributed by atoms with Gasteiger partial charge in [0, 0.05) is 16.6 Å². The molecule has 1 amide bonds. The molecule has 0 unspecified atom stereocenters. The lowest BCUT2D eigenvalue weighted by molar-refractivity contribution is -0.115. The first-order chi connectivity index (χ1) is 12.1. The van der Waals surface area contributed by atoms with Gasteiger partial charge in [0.25, 0.3) is 0 Å². The zero-order valence-corrected chi connectivity index (χ0v) is 15.6. The first kappa shape index (κ1) is 17.7. The second kappa shape index (κ2) is 7.83. The van der Waals surface area contributed by atoms with Gasteiger partial charge in [0.1, 0.15) is 0 Å². The highest BCUT2D eigenvalue weighted by molar-refractivity contribution is 8.00. The first-order valence-electron chi connectivity index (χ1n) is 8.42. The average Bonchev–Trinajstić information content (AvgIpc) is 3.09. The van der Waals surface area contributed by atoms with Crippen LogP contribution in [-0.2, 0) is 17.6 Å². The minimum Gasteiger partial charge on any atom is -0.493 e. The van der Waals surface area contributed by atoms with Gasteiger partial charge in [-0.15, -0.1) is 11.8 Å². The van der Waals surface area contributed by atoms with Crippen molar-refractivity contribution in [1.82, 2.24) is 0 Å². The van der Waals surface area contributed by atoms with Gasteiger partial charge in [0.2, 0.25) is 5.91 Å². The summed E-state index contributed by atoms with van der Waals surface area (Å²) in [6.45, 7) is 1.92. The maximum atomic E-state index is 12.5. The lowest BCUT2D eigenvalue weighted by Crippen LogP contribution is -2.22. The van der Waals surface area contributed by atoms with Crippen molar-refractivity contribution >= 4 is 23.4 Å². The van der Waals surface area contributed by atoms with Crippen molar-refractivity contribution in [3.8, 4) is 11.5 Å². The van der Waals surface area contributed by atoms with Crippen LogP contribution in [0.2, 0.25) is 0 Å². The summed E-state index contributed by atoms with van der Waals surface area (Å²) < 4.78 is 10.5. The van der Waals surface area contributed by atoms with Crippen LogP contribution >= 0.6 is 11.8 Å². The van der Waals surface area contributed by atoms with Crippen LogP contribution in [0.15, 0.2) is 41.3 Å². The van der Waals surface area contributed by atoms with Crippen molar-refractivity contribution in [2.75, 3.05) is 19.5 Å². The summed E-state index contributed by atoms with van der Waals surface area (Å²) in [5, 5.41) is 2.76. The van der Waals surface area contributed by atoms with E-state index in [1.807, 2.05) is 13.0 Å². The largest absolute Gasteiger partial charge is 0.493 e. The Bertz CT molecular complexity index is 776. The van der Waals surface area contributed by atoms with E-state index in [2.05, 4.69) is 23.5 Å². The Balaban J connectivity index is 1.64. The minimum atomic E-state index is -0.187. The van der Waals surface area contributed by atoms with Crippen LogP contribution in [0.5, 0.6) is 11.5 Å². The van der Waals surface area contributed by atoms with E-state index < -0.39 is 0 Å². The predicted octanol–water partition coefficient (Wildman–Crippen LogP) is 4.31. The Hall–Kier alpha value is -2.14. The number of thioether (sulfide) groups is 1. The van der Waals surface area contributed by atoms with Gasteiger partial charge in [0.05, 0.1) is 19.5 Å². The number of anilines is 1. The van der Waals surface area contributed by atoms with Crippen LogP contribution in [-0.4, -0.2) is 25.4 Å². The Morgan fingerprint density at radius 1 is 1.04 bits per heavy atom. The quantitative estimate of drug-likeness (QED) is 0.783. The number of rotatable bonds is 6. The number of ether oxygens (including phenoxy) is 2. The highest BCUT2D eigenvalue weighted by Crippen LogP contribution is 2.32. The normalized spacial score (nSPS) is 13.9. The molecule has 0 aliphatic heterocycles. The summed E-state index contributed by atoms with van der Waals surface area (Å²) in [7, 11) is 3.17. The third-order valence-electron chi connectivity index (χ3n) is 4.40. The summed E-state index contributed by atoms with van der Waals surface area (Å²) in [4.78, 5) is 13.6.